The summed E-state index contributed by atoms with van der Waals surface area (Å²) in [6, 6.07) is 15.0. The minimum atomic E-state index is -4.42. The summed E-state index contributed by atoms with van der Waals surface area (Å²) in [5, 5.41) is 5.02. The van der Waals surface area contributed by atoms with Gasteiger partial charge in [-0.3, -0.25) is 5.43 Å². The quantitative estimate of drug-likeness (QED) is 0.298. The summed E-state index contributed by atoms with van der Waals surface area (Å²) in [5.74, 6) is 0.963. The van der Waals surface area contributed by atoms with Crippen LogP contribution in [-0.4, -0.2) is 13.3 Å². The molecule has 0 aliphatic heterocycles. The summed E-state index contributed by atoms with van der Waals surface area (Å²) < 4.78 is 49.5. The zero-order chi connectivity index (χ0) is 22.4. The zero-order valence-corrected chi connectivity index (χ0v) is 17.7. The Bertz CT molecular complexity index is 1090. The van der Waals surface area contributed by atoms with Gasteiger partial charge in [0, 0.05) is 15.6 Å². The van der Waals surface area contributed by atoms with Crippen molar-refractivity contribution in [2.75, 3.05) is 12.5 Å². The molecule has 0 saturated carbocycles. The van der Waals surface area contributed by atoms with Crippen LogP contribution in [0, 0.1) is 0 Å². The minimum absolute atomic E-state index is 0.219. The standard InChI is InChI=1S/C22H17Cl2F3N2O2/c1-30-21-9-14(12-28-29-18-4-2-3-16(10-18)22(25,26)27)5-8-20(21)31-13-15-6-7-17(23)11-19(15)24/h2-12,29H,13H2,1H3. The van der Waals surface area contributed by atoms with Crippen LogP contribution in [0.25, 0.3) is 0 Å². The number of halogens is 5. The molecule has 0 radical (unpaired) electrons. The predicted molar refractivity (Wildman–Crippen MR) is 116 cm³/mol. The molecule has 31 heavy (non-hydrogen) atoms. The molecular formula is C22H17Cl2F3N2O2. The van der Waals surface area contributed by atoms with Crippen molar-refractivity contribution in [3.05, 3.63) is 87.4 Å². The molecule has 0 spiro atoms. The maximum atomic E-state index is 12.8. The zero-order valence-electron chi connectivity index (χ0n) is 16.2. The van der Waals surface area contributed by atoms with E-state index in [4.69, 9.17) is 32.7 Å². The molecule has 9 heteroatoms. The summed E-state index contributed by atoms with van der Waals surface area (Å²) in [6.45, 7) is 0.219. The maximum absolute atomic E-state index is 12.8. The van der Waals surface area contributed by atoms with Gasteiger partial charge in [-0.25, -0.2) is 0 Å². The molecule has 0 aliphatic carbocycles. The van der Waals surface area contributed by atoms with Crippen molar-refractivity contribution in [3.8, 4) is 11.5 Å². The van der Waals surface area contributed by atoms with Crippen molar-refractivity contribution >= 4 is 35.1 Å². The van der Waals surface area contributed by atoms with Crippen LogP contribution in [0.2, 0.25) is 10.0 Å². The van der Waals surface area contributed by atoms with Gasteiger partial charge in [0.05, 0.1) is 24.6 Å². The molecule has 0 aliphatic rings. The Balaban J connectivity index is 1.67. The number of rotatable bonds is 7. The highest BCUT2D eigenvalue weighted by Gasteiger charge is 2.30. The predicted octanol–water partition coefficient (Wildman–Crippen LogP) is 7.05. The molecule has 0 saturated heterocycles. The minimum Gasteiger partial charge on any atom is -0.493 e. The Hall–Kier alpha value is -2.90. The second-order valence-electron chi connectivity index (χ2n) is 6.38. The monoisotopic (exact) mass is 468 g/mol. The Kier molecular flexibility index (Phi) is 7.30. The van der Waals surface area contributed by atoms with Crippen molar-refractivity contribution in [1.82, 2.24) is 0 Å². The van der Waals surface area contributed by atoms with Gasteiger partial charge in [-0.15, -0.1) is 0 Å². The van der Waals surface area contributed by atoms with E-state index in [2.05, 4.69) is 10.5 Å². The molecule has 3 aromatic carbocycles. The highest BCUT2D eigenvalue weighted by Crippen LogP contribution is 2.31. The highest BCUT2D eigenvalue weighted by molar-refractivity contribution is 6.35. The number of benzene rings is 3. The molecule has 0 unspecified atom stereocenters. The first-order valence-electron chi connectivity index (χ1n) is 8.97. The molecule has 0 heterocycles. The second-order valence-corrected chi connectivity index (χ2v) is 7.23. The lowest BCUT2D eigenvalue weighted by Gasteiger charge is -2.12. The van der Waals surface area contributed by atoms with Gasteiger partial charge < -0.3 is 9.47 Å². The van der Waals surface area contributed by atoms with E-state index in [9.17, 15) is 13.2 Å². The average molecular weight is 469 g/mol. The van der Waals surface area contributed by atoms with E-state index in [1.54, 1.807) is 36.4 Å². The summed E-state index contributed by atoms with van der Waals surface area (Å²) in [5.41, 5.74) is 3.48. The first-order chi connectivity index (χ1) is 14.8. The van der Waals surface area contributed by atoms with Crippen LogP contribution in [0.4, 0.5) is 18.9 Å². The third-order valence-electron chi connectivity index (χ3n) is 4.18. The summed E-state index contributed by atoms with van der Waals surface area (Å²) in [4.78, 5) is 0. The van der Waals surface area contributed by atoms with Crippen molar-refractivity contribution in [2.24, 2.45) is 5.10 Å². The lowest BCUT2D eigenvalue weighted by molar-refractivity contribution is -0.137. The fraction of sp³-hybridized carbons (Fsp3) is 0.136. The van der Waals surface area contributed by atoms with Gasteiger partial charge in [0.1, 0.15) is 6.61 Å². The first-order valence-corrected chi connectivity index (χ1v) is 9.73. The fourth-order valence-corrected chi connectivity index (χ4v) is 3.09. The fourth-order valence-electron chi connectivity index (χ4n) is 2.62. The molecule has 0 atom stereocenters. The number of ether oxygens (including phenoxy) is 2. The van der Waals surface area contributed by atoms with Crippen molar-refractivity contribution < 1.29 is 22.6 Å². The third kappa shape index (κ3) is 6.29. The maximum Gasteiger partial charge on any atom is 0.416 e. The molecule has 0 amide bonds. The lowest BCUT2D eigenvalue weighted by Crippen LogP contribution is -2.05. The van der Waals surface area contributed by atoms with Gasteiger partial charge in [0.2, 0.25) is 0 Å². The number of nitrogens with zero attached hydrogens (tertiary/aromatic N) is 1. The number of nitrogens with one attached hydrogen (secondary N) is 1. The molecule has 0 aromatic heterocycles. The van der Waals surface area contributed by atoms with E-state index < -0.39 is 11.7 Å². The summed E-state index contributed by atoms with van der Waals surface area (Å²) >= 11 is 12.0. The molecule has 3 aromatic rings. The normalized spacial score (nSPS) is 11.5. The molecule has 4 nitrogen and oxygen atoms in total. The number of alkyl halides is 3. The molecule has 1 N–H and O–H groups in total. The topological polar surface area (TPSA) is 42.8 Å². The van der Waals surface area contributed by atoms with Crippen molar-refractivity contribution in [2.45, 2.75) is 12.8 Å². The van der Waals surface area contributed by atoms with E-state index in [-0.39, 0.29) is 12.3 Å². The summed E-state index contributed by atoms with van der Waals surface area (Å²) in [6.07, 6.45) is -2.95. The van der Waals surface area contributed by atoms with E-state index >= 15 is 0 Å². The second kappa shape index (κ2) is 9.94. The van der Waals surface area contributed by atoms with Gasteiger partial charge in [0.15, 0.2) is 11.5 Å². The van der Waals surface area contributed by atoms with Crippen LogP contribution in [0.1, 0.15) is 16.7 Å². The van der Waals surface area contributed by atoms with E-state index in [1.807, 2.05) is 0 Å². The smallest absolute Gasteiger partial charge is 0.416 e. The van der Waals surface area contributed by atoms with Crippen molar-refractivity contribution in [1.29, 1.82) is 0 Å². The number of hydrogen-bond acceptors (Lipinski definition) is 4. The van der Waals surface area contributed by atoms with Crippen LogP contribution < -0.4 is 14.9 Å². The van der Waals surface area contributed by atoms with Gasteiger partial charge in [-0.05, 0) is 54.1 Å². The van der Waals surface area contributed by atoms with E-state index in [0.29, 0.717) is 27.1 Å². The van der Waals surface area contributed by atoms with E-state index in [1.165, 1.54) is 25.5 Å². The Morgan fingerprint density at radius 2 is 1.81 bits per heavy atom. The number of methoxy groups -OCH3 is 1. The number of hydrogen-bond donors (Lipinski definition) is 1. The third-order valence-corrected chi connectivity index (χ3v) is 4.77. The van der Waals surface area contributed by atoms with Crippen molar-refractivity contribution in [3.63, 3.8) is 0 Å². The van der Waals surface area contributed by atoms with Gasteiger partial charge >= 0.3 is 6.18 Å². The van der Waals surface area contributed by atoms with E-state index in [0.717, 1.165) is 17.7 Å². The Morgan fingerprint density at radius 3 is 2.52 bits per heavy atom. The van der Waals surface area contributed by atoms with Crippen LogP contribution >= 0.6 is 23.2 Å². The average Bonchev–Trinajstić information content (AvgIpc) is 2.73. The molecule has 0 bridgehead atoms. The van der Waals surface area contributed by atoms with Crippen LogP contribution in [0.5, 0.6) is 11.5 Å². The first kappa shape index (κ1) is 22.8. The molecule has 3 rings (SSSR count). The van der Waals surface area contributed by atoms with Gasteiger partial charge in [-0.2, -0.15) is 18.3 Å². The number of hydrazone groups is 1. The molecular weight excluding hydrogens is 452 g/mol. The van der Waals surface area contributed by atoms with Crippen LogP contribution in [0.3, 0.4) is 0 Å². The largest absolute Gasteiger partial charge is 0.493 e. The van der Waals surface area contributed by atoms with Crippen LogP contribution in [-0.2, 0) is 12.8 Å². The number of anilines is 1. The lowest BCUT2D eigenvalue weighted by atomic mass is 10.2. The molecule has 162 valence electrons. The molecule has 0 fully saturated rings. The van der Waals surface area contributed by atoms with Gasteiger partial charge in [-0.1, -0.05) is 35.3 Å². The van der Waals surface area contributed by atoms with Crippen LogP contribution in [0.15, 0.2) is 65.8 Å². The van der Waals surface area contributed by atoms with Gasteiger partial charge in [0.25, 0.3) is 0 Å². The summed E-state index contributed by atoms with van der Waals surface area (Å²) in [7, 11) is 1.50. The highest BCUT2D eigenvalue weighted by atomic mass is 35.5. The Morgan fingerprint density at radius 1 is 1.00 bits per heavy atom. The SMILES string of the molecule is COc1cc(C=NNc2cccc(C(F)(F)F)c2)ccc1OCc1ccc(Cl)cc1Cl. The Labute approximate surface area is 187 Å².